The summed E-state index contributed by atoms with van der Waals surface area (Å²) in [6.45, 7) is 0.344. The Morgan fingerprint density at radius 3 is 2.36 bits per heavy atom. The van der Waals surface area contributed by atoms with Crippen molar-refractivity contribution in [3.05, 3.63) is 114 Å². The second kappa shape index (κ2) is 15.6. The lowest BCUT2D eigenvalue weighted by molar-refractivity contribution is -0.245. The third-order valence-electron chi connectivity index (χ3n) is 7.26. The number of benzene rings is 3. The number of thioether (sulfide) groups is 1. The molecule has 5 rings (SSSR count). The van der Waals surface area contributed by atoms with E-state index in [1.807, 2.05) is 66.7 Å². The van der Waals surface area contributed by atoms with Gasteiger partial charge in [0.2, 0.25) is 5.91 Å². The molecule has 3 N–H and O–H groups in total. The highest BCUT2D eigenvalue weighted by Crippen LogP contribution is 2.40. The fourth-order valence-electron chi connectivity index (χ4n) is 4.97. The highest BCUT2D eigenvalue weighted by atomic mass is 32.2. The number of nitrogens with zero attached hydrogens (tertiary/aromatic N) is 2. The number of hydrogen-bond donors (Lipinski definition) is 3. The molecule has 4 aromatic rings. The first kappa shape index (κ1) is 31.3. The van der Waals surface area contributed by atoms with Gasteiger partial charge >= 0.3 is 5.97 Å². The maximum Gasteiger partial charge on any atom is 0.303 e. The number of aliphatic hydroxyl groups is 1. The van der Waals surface area contributed by atoms with Crippen molar-refractivity contribution in [2.24, 2.45) is 0 Å². The summed E-state index contributed by atoms with van der Waals surface area (Å²) < 4.78 is 13.0. The first-order chi connectivity index (χ1) is 21.5. The Kier molecular flexibility index (Phi) is 11.1. The summed E-state index contributed by atoms with van der Waals surface area (Å²) in [7, 11) is 0. The fourth-order valence-corrected chi connectivity index (χ4v) is 5.79. The molecule has 0 aliphatic carbocycles. The molecule has 0 unspecified atom stereocenters. The number of aliphatic hydroxyl groups excluding tert-OH is 1. The first-order valence-electron chi connectivity index (χ1n) is 14.5. The molecule has 1 aliphatic rings. The van der Waals surface area contributed by atoms with Crippen LogP contribution >= 0.6 is 11.8 Å². The number of carboxylic acid groups (broad SMARTS) is 1. The van der Waals surface area contributed by atoms with E-state index in [0.717, 1.165) is 33.4 Å². The van der Waals surface area contributed by atoms with Gasteiger partial charge in [0.15, 0.2) is 11.4 Å². The van der Waals surface area contributed by atoms with Crippen molar-refractivity contribution < 1.29 is 29.3 Å². The van der Waals surface area contributed by atoms with Gasteiger partial charge in [-0.25, -0.2) is 9.97 Å². The van der Waals surface area contributed by atoms with E-state index in [1.165, 1.54) is 0 Å². The van der Waals surface area contributed by atoms with Crippen LogP contribution in [0.2, 0.25) is 0 Å². The predicted molar refractivity (Wildman–Crippen MR) is 166 cm³/mol. The highest BCUT2D eigenvalue weighted by Gasteiger charge is 2.32. The van der Waals surface area contributed by atoms with Crippen molar-refractivity contribution >= 4 is 23.6 Å². The molecular formula is C34H35N3O6S. The lowest BCUT2D eigenvalue weighted by atomic mass is 9.99. The highest BCUT2D eigenvalue weighted by molar-refractivity contribution is 7.99. The van der Waals surface area contributed by atoms with Gasteiger partial charge in [0.05, 0.1) is 18.8 Å². The average molecular weight is 614 g/mol. The van der Waals surface area contributed by atoms with Crippen LogP contribution in [0.3, 0.4) is 0 Å². The minimum atomic E-state index is -0.903. The van der Waals surface area contributed by atoms with E-state index in [1.54, 1.807) is 30.2 Å². The van der Waals surface area contributed by atoms with Gasteiger partial charge in [-0.3, -0.25) is 9.59 Å². The zero-order chi connectivity index (χ0) is 30.7. The van der Waals surface area contributed by atoms with Crippen LogP contribution in [0.15, 0.2) is 96.4 Å². The average Bonchev–Trinajstić information content (AvgIpc) is 3.07. The maximum absolute atomic E-state index is 12.1. The number of hydrogen-bond acceptors (Lipinski definition) is 8. The van der Waals surface area contributed by atoms with Crippen molar-refractivity contribution in [3.8, 4) is 11.1 Å². The lowest BCUT2D eigenvalue weighted by Gasteiger charge is -2.36. The van der Waals surface area contributed by atoms with Crippen LogP contribution in [0.5, 0.6) is 0 Å². The summed E-state index contributed by atoms with van der Waals surface area (Å²) in [4.78, 5) is 31.5. The molecule has 44 heavy (non-hydrogen) atoms. The van der Waals surface area contributed by atoms with Crippen molar-refractivity contribution in [2.45, 2.75) is 62.5 Å². The molecule has 0 saturated carbocycles. The molecule has 10 heteroatoms. The summed E-state index contributed by atoms with van der Waals surface area (Å²) in [5, 5.41) is 21.8. The van der Waals surface area contributed by atoms with Crippen LogP contribution in [0.1, 0.15) is 60.3 Å². The topological polar surface area (TPSA) is 131 Å². The molecule has 1 aliphatic heterocycles. The summed E-state index contributed by atoms with van der Waals surface area (Å²) in [6, 6.07) is 25.6. The molecule has 3 atom stereocenters. The molecular weight excluding hydrogens is 578 g/mol. The van der Waals surface area contributed by atoms with Gasteiger partial charge in [0, 0.05) is 49.5 Å². The minimum absolute atomic E-state index is 0.0129. The normalized spacial score (nSPS) is 18.1. The molecule has 2 heterocycles. The van der Waals surface area contributed by atoms with Crippen LogP contribution < -0.4 is 5.32 Å². The second-order valence-electron chi connectivity index (χ2n) is 10.5. The van der Waals surface area contributed by atoms with E-state index in [9.17, 15) is 14.7 Å². The monoisotopic (exact) mass is 613 g/mol. The third kappa shape index (κ3) is 8.96. The SMILES string of the molecule is O=C(O)CCCC(=O)NCc1cccc(-c2cccc([C@@H]3O[C@H](CSc4ncccn4)C[C@H](c4ccc(CO)cc4)O3)c2)c1. The Bertz CT molecular complexity index is 1540. The van der Waals surface area contributed by atoms with Crippen molar-refractivity contribution in [2.75, 3.05) is 5.75 Å². The summed E-state index contributed by atoms with van der Waals surface area (Å²) in [5.41, 5.74) is 5.68. The number of nitrogens with one attached hydrogen (secondary N) is 1. The van der Waals surface area contributed by atoms with Crippen molar-refractivity contribution in [1.82, 2.24) is 15.3 Å². The molecule has 0 bridgehead atoms. The van der Waals surface area contributed by atoms with Crippen LogP contribution in [-0.2, 0) is 32.2 Å². The number of carbonyl (C=O) groups is 2. The number of rotatable bonds is 13. The molecule has 1 fully saturated rings. The zero-order valence-corrected chi connectivity index (χ0v) is 25.0. The second-order valence-corrected chi connectivity index (χ2v) is 11.5. The van der Waals surface area contributed by atoms with Gasteiger partial charge in [-0.05, 0) is 52.4 Å². The molecule has 228 valence electrons. The van der Waals surface area contributed by atoms with Gasteiger partial charge in [0.25, 0.3) is 0 Å². The van der Waals surface area contributed by atoms with Gasteiger partial charge in [0.1, 0.15) is 0 Å². The van der Waals surface area contributed by atoms with E-state index in [-0.39, 0.29) is 37.6 Å². The zero-order valence-electron chi connectivity index (χ0n) is 24.2. The van der Waals surface area contributed by atoms with Crippen LogP contribution in [-0.4, -0.2) is 43.9 Å². The predicted octanol–water partition coefficient (Wildman–Crippen LogP) is 5.84. The van der Waals surface area contributed by atoms with Crippen LogP contribution in [0.25, 0.3) is 11.1 Å². The standard InChI is InChI=1S/C34H35N3O6S/c38-21-23-11-13-25(14-12-23)30-19-29(22-44-34-35-15-4-16-36-34)42-33(43-30)28-8-2-7-27(18-28)26-6-1-5-24(17-26)20-37-31(39)9-3-10-32(40)41/h1-2,4-8,11-18,29-30,33,38H,3,9-10,19-22H2,(H,37,39)(H,40,41)/t29-,30+,33+/m0/s1. The fraction of sp³-hybridized carbons (Fsp3) is 0.294. The van der Waals surface area contributed by atoms with Crippen LogP contribution in [0.4, 0.5) is 0 Å². The maximum atomic E-state index is 12.1. The Labute approximate surface area is 260 Å². The Hall–Kier alpha value is -4.09. The molecule has 3 aromatic carbocycles. The number of carboxylic acids is 1. The number of ether oxygens (including phenoxy) is 2. The molecule has 0 spiro atoms. The van der Waals surface area contributed by atoms with Gasteiger partial charge < -0.3 is 25.0 Å². The smallest absolute Gasteiger partial charge is 0.303 e. The van der Waals surface area contributed by atoms with Crippen molar-refractivity contribution in [1.29, 1.82) is 0 Å². The first-order valence-corrected chi connectivity index (χ1v) is 15.5. The molecule has 1 amide bonds. The number of aromatic nitrogens is 2. The molecule has 0 radical (unpaired) electrons. The largest absolute Gasteiger partial charge is 0.481 e. The molecule has 1 saturated heterocycles. The Balaban J connectivity index is 1.30. The summed E-state index contributed by atoms with van der Waals surface area (Å²) >= 11 is 1.55. The summed E-state index contributed by atoms with van der Waals surface area (Å²) in [5.74, 6) is -0.406. The van der Waals surface area contributed by atoms with E-state index < -0.39 is 12.3 Å². The van der Waals surface area contributed by atoms with E-state index >= 15 is 0 Å². The number of amides is 1. The molecule has 9 nitrogen and oxygen atoms in total. The van der Waals surface area contributed by atoms with E-state index in [0.29, 0.717) is 30.3 Å². The quantitative estimate of drug-likeness (QED) is 0.126. The minimum Gasteiger partial charge on any atom is -0.481 e. The Morgan fingerprint density at radius 1 is 0.864 bits per heavy atom. The summed E-state index contributed by atoms with van der Waals surface area (Å²) in [6.07, 6.45) is 3.68. The van der Waals surface area contributed by atoms with Crippen LogP contribution in [0, 0.1) is 0 Å². The number of aliphatic carboxylic acids is 1. The van der Waals surface area contributed by atoms with Gasteiger partial charge in [-0.2, -0.15) is 0 Å². The van der Waals surface area contributed by atoms with E-state index in [2.05, 4.69) is 21.4 Å². The van der Waals surface area contributed by atoms with Gasteiger partial charge in [-0.15, -0.1) is 0 Å². The molecule has 1 aromatic heterocycles. The van der Waals surface area contributed by atoms with Crippen molar-refractivity contribution in [3.63, 3.8) is 0 Å². The van der Waals surface area contributed by atoms with Gasteiger partial charge in [-0.1, -0.05) is 72.4 Å². The third-order valence-corrected chi connectivity index (χ3v) is 8.27. The number of carbonyl (C=O) groups excluding carboxylic acids is 1. The van der Waals surface area contributed by atoms with E-state index in [4.69, 9.17) is 14.6 Å². The Morgan fingerprint density at radius 2 is 1.61 bits per heavy atom. The lowest BCUT2D eigenvalue weighted by Crippen LogP contribution is -2.31.